The van der Waals surface area contributed by atoms with Crippen molar-refractivity contribution in [3.05, 3.63) is 56.9 Å². The van der Waals surface area contributed by atoms with Gasteiger partial charge in [0.25, 0.3) is 5.88 Å². The Morgan fingerprint density at radius 2 is 2.03 bits per heavy atom. The van der Waals surface area contributed by atoms with Gasteiger partial charge in [0.15, 0.2) is 0 Å². The van der Waals surface area contributed by atoms with Crippen LogP contribution in [0.25, 0.3) is 0 Å². The maximum Gasteiger partial charge on any atom is 0.350 e. The number of esters is 1. The summed E-state index contributed by atoms with van der Waals surface area (Å²) < 4.78 is 22.5. The van der Waals surface area contributed by atoms with E-state index in [0.717, 1.165) is 6.20 Å². The second kappa shape index (κ2) is 11.3. The van der Waals surface area contributed by atoms with E-state index in [0.29, 0.717) is 16.9 Å². The molecule has 1 atom stereocenters. The second-order valence-corrected chi connectivity index (χ2v) is 7.33. The summed E-state index contributed by atoms with van der Waals surface area (Å²) in [6.07, 6.45) is 1.05. The molecule has 0 radical (unpaired) electrons. The Morgan fingerprint density at radius 3 is 2.66 bits per heavy atom. The van der Waals surface area contributed by atoms with Crippen LogP contribution in [0.2, 0.25) is 0 Å². The largest absolute Gasteiger partial charge is 0.496 e. The summed E-state index contributed by atoms with van der Waals surface area (Å²) in [4.78, 5) is 36.4. The number of carbonyl (C=O) groups excluding carboxylic acids is 2. The van der Waals surface area contributed by atoms with Gasteiger partial charge in [-0.3, -0.25) is 10.1 Å². The zero-order valence-electron chi connectivity index (χ0n) is 19.8. The molecule has 2 N–H and O–H groups in total. The van der Waals surface area contributed by atoms with E-state index in [-0.39, 0.29) is 49.2 Å². The van der Waals surface area contributed by atoms with Gasteiger partial charge < -0.3 is 29.6 Å². The van der Waals surface area contributed by atoms with Crippen molar-refractivity contribution in [2.24, 2.45) is 0 Å². The number of aromatic nitrogens is 2. The molecule has 0 saturated heterocycles. The van der Waals surface area contributed by atoms with Crippen LogP contribution in [0.4, 0.5) is 10.5 Å². The van der Waals surface area contributed by atoms with E-state index in [9.17, 15) is 19.7 Å². The molecule has 0 aliphatic carbocycles. The van der Waals surface area contributed by atoms with Crippen LogP contribution in [-0.2, 0) is 27.4 Å². The van der Waals surface area contributed by atoms with Crippen LogP contribution in [0.3, 0.4) is 0 Å². The molecule has 1 aromatic heterocycles. The van der Waals surface area contributed by atoms with Gasteiger partial charge in [-0.1, -0.05) is 6.07 Å². The molecule has 0 unspecified atom stereocenters. The molecule has 1 aliphatic rings. The van der Waals surface area contributed by atoms with Crippen molar-refractivity contribution in [3.63, 3.8) is 0 Å². The number of rotatable bonds is 11. The van der Waals surface area contributed by atoms with E-state index in [1.54, 1.807) is 39.2 Å². The molecule has 3 rings (SSSR count). The zero-order valence-corrected chi connectivity index (χ0v) is 19.8. The average molecular weight is 489 g/mol. The number of nitro groups is 1. The summed E-state index contributed by atoms with van der Waals surface area (Å²) >= 11 is 0. The first-order chi connectivity index (χ1) is 16.8. The molecule has 35 heavy (non-hydrogen) atoms. The van der Waals surface area contributed by atoms with Crippen molar-refractivity contribution in [3.8, 4) is 11.6 Å². The fourth-order valence-electron chi connectivity index (χ4n) is 3.73. The lowest BCUT2D eigenvalue weighted by Gasteiger charge is -2.30. The highest BCUT2D eigenvalue weighted by molar-refractivity contribution is 5.95. The number of benzene rings is 1. The molecule has 2 aromatic rings. The van der Waals surface area contributed by atoms with Gasteiger partial charge in [-0.05, 0) is 31.5 Å². The minimum atomic E-state index is -0.875. The topological polar surface area (TPSA) is 156 Å². The van der Waals surface area contributed by atoms with Gasteiger partial charge in [0, 0.05) is 12.7 Å². The van der Waals surface area contributed by atoms with Crippen LogP contribution in [-0.4, -0.2) is 54.1 Å². The zero-order chi connectivity index (χ0) is 25.5. The summed E-state index contributed by atoms with van der Waals surface area (Å²) in [7, 11) is 3.07. The van der Waals surface area contributed by atoms with Crippen LogP contribution in [0.15, 0.2) is 35.7 Å². The van der Waals surface area contributed by atoms with Crippen LogP contribution in [0.5, 0.6) is 11.6 Å². The van der Waals surface area contributed by atoms with Gasteiger partial charge in [0.1, 0.15) is 11.9 Å². The predicted octanol–water partition coefficient (Wildman–Crippen LogP) is 2.22. The van der Waals surface area contributed by atoms with Gasteiger partial charge in [0.05, 0.1) is 55.7 Å². The van der Waals surface area contributed by atoms with Crippen molar-refractivity contribution < 1.29 is 33.5 Å². The van der Waals surface area contributed by atoms with Crippen LogP contribution in [0, 0.1) is 10.1 Å². The fourth-order valence-corrected chi connectivity index (χ4v) is 3.73. The molecule has 2 heterocycles. The molecule has 0 bridgehead atoms. The Morgan fingerprint density at radius 1 is 1.26 bits per heavy atom. The quantitative estimate of drug-likeness (QED) is 0.274. The number of carbonyl (C=O) groups is 2. The van der Waals surface area contributed by atoms with Gasteiger partial charge in [-0.15, -0.1) is 0 Å². The Hall–Kier alpha value is -4.13. The number of ether oxygens (including phenoxy) is 4. The van der Waals surface area contributed by atoms with Crippen molar-refractivity contribution >= 4 is 17.7 Å². The maximum atomic E-state index is 13.1. The molecule has 0 spiro atoms. The summed E-state index contributed by atoms with van der Waals surface area (Å²) in [5, 5.41) is 20.8. The van der Waals surface area contributed by atoms with Crippen LogP contribution in [0.1, 0.15) is 31.0 Å². The van der Waals surface area contributed by atoms with E-state index < -0.39 is 23.0 Å². The minimum Gasteiger partial charge on any atom is -0.496 e. The Kier molecular flexibility index (Phi) is 8.25. The highest BCUT2D eigenvalue weighted by Gasteiger charge is 2.35. The van der Waals surface area contributed by atoms with Crippen molar-refractivity contribution in [2.75, 3.05) is 27.4 Å². The highest BCUT2D eigenvalue weighted by atomic mass is 16.6. The lowest BCUT2D eigenvalue weighted by Crippen LogP contribution is -2.47. The van der Waals surface area contributed by atoms with E-state index >= 15 is 0 Å². The van der Waals surface area contributed by atoms with Gasteiger partial charge in [-0.2, -0.15) is 5.10 Å². The third kappa shape index (κ3) is 5.51. The van der Waals surface area contributed by atoms with E-state index in [1.807, 2.05) is 0 Å². The molecule has 1 aromatic carbocycles. The third-order valence-electron chi connectivity index (χ3n) is 5.15. The third-order valence-corrected chi connectivity index (χ3v) is 5.15. The molecular weight excluding hydrogens is 462 g/mol. The summed E-state index contributed by atoms with van der Waals surface area (Å²) in [6.45, 7) is 3.66. The first-order valence-electron chi connectivity index (χ1n) is 10.8. The van der Waals surface area contributed by atoms with E-state index in [1.165, 1.54) is 11.8 Å². The number of urea groups is 1. The number of nitrogens with zero attached hydrogens (tertiary/aromatic N) is 3. The lowest BCUT2D eigenvalue weighted by molar-refractivity contribution is -0.386. The van der Waals surface area contributed by atoms with Crippen molar-refractivity contribution in [1.82, 2.24) is 20.4 Å². The molecule has 2 amide bonds. The van der Waals surface area contributed by atoms with Crippen molar-refractivity contribution in [2.45, 2.75) is 33.0 Å². The van der Waals surface area contributed by atoms with Gasteiger partial charge >= 0.3 is 17.7 Å². The number of nitrogens with one attached hydrogen (secondary N) is 2. The SMILES string of the molecule is CCOC(=O)C1=C(Cn2ncc([N+](=O)[O-])c2OCC)NC(=O)N[C@H]1c1ccc(OC)c(COC)c1. The average Bonchev–Trinajstić information content (AvgIpc) is 3.21. The minimum absolute atomic E-state index is 0.0932. The normalized spacial score (nSPS) is 15.3. The molecule has 0 saturated carbocycles. The number of hydrogen-bond donors (Lipinski definition) is 2. The molecule has 13 nitrogen and oxygen atoms in total. The van der Waals surface area contributed by atoms with E-state index in [2.05, 4.69) is 15.7 Å². The summed E-state index contributed by atoms with van der Waals surface area (Å²) in [6, 6.07) is 3.75. The Labute approximate surface area is 201 Å². The van der Waals surface area contributed by atoms with Crippen LogP contribution < -0.4 is 20.1 Å². The molecular formula is C22H27N5O8. The number of methoxy groups -OCH3 is 2. The Balaban J connectivity index is 2.13. The molecule has 0 fully saturated rings. The molecule has 1 aliphatic heterocycles. The Bertz CT molecular complexity index is 1140. The standard InChI is InChI=1S/C22H27N5O8/c1-5-34-20-16(27(30)31)10-23-26(20)11-15-18(21(28)35-6-2)19(25-22(29)24-15)13-7-8-17(33-4)14(9-13)12-32-3/h7-10,19H,5-6,11-12H2,1-4H3,(H2,24,25,29)/t19-/m0/s1. The molecule has 13 heteroatoms. The first-order valence-corrected chi connectivity index (χ1v) is 10.8. The fraction of sp³-hybridized carbons (Fsp3) is 0.409. The predicted molar refractivity (Wildman–Crippen MR) is 122 cm³/mol. The summed E-state index contributed by atoms with van der Waals surface area (Å²) in [5.41, 5.74) is 1.26. The number of amides is 2. The number of hydrogen-bond acceptors (Lipinski definition) is 9. The monoisotopic (exact) mass is 489 g/mol. The van der Waals surface area contributed by atoms with Gasteiger partial charge in [0.2, 0.25) is 0 Å². The summed E-state index contributed by atoms with van der Waals surface area (Å²) in [5.74, 6) is -0.170. The second-order valence-electron chi connectivity index (χ2n) is 7.33. The van der Waals surface area contributed by atoms with Crippen molar-refractivity contribution in [1.29, 1.82) is 0 Å². The number of allylic oxidation sites excluding steroid dienone is 1. The lowest BCUT2D eigenvalue weighted by atomic mass is 9.93. The smallest absolute Gasteiger partial charge is 0.350 e. The maximum absolute atomic E-state index is 13.1. The van der Waals surface area contributed by atoms with Crippen LogP contribution >= 0.6 is 0 Å². The van der Waals surface area contributed by atoms with E-state index in [4.69, 9.17) is 18.9 Å². The first kappa shape index (κ1) is 25.5. The van der Waals surface area contributed by atoms with Gasteiger partial charge in [-0.25, -0.2) is 14.3 Å². The highest BCUT2D eigenvalue weighted by Crippen LogP contribution is 2.33. The molecule has 188 valence electrons.